The molecule has 0 bridgehead atoms. The van der Waals surface area contributed by atoms with E-state index in [1.165, 1.54) is 11.8 Å². The van der Waals surface area contributed by atoms with Gasteiger partial charge in [-0.15, -0.1) is 10.2 Å². The maximum absolute atomic E-state index is 12.6. The molecule has 1 unspecified atom stereocenters. The zero-order valence-corrected chi connectivity index (χ0v) is 13.6. The van der Waals surface area contributed by atoms with Crippen LogP contribution in [0.5, 0.6) is 5.75 Å². The summed E-state index contributed by atoms with van der Waals surface area (Å²) in [5, 5.41) is 11.3. The van der Waals surface area contributed by atoms with Crippen LogP contribution < -0.4 is 15.8 Å². The summed E-state index contributed by atoms with van der Waals surface area (Å²) in [7, 11) is 1.56. The number of ether oxygens (including phenoxy) is 1. The number of nitrogens with two attached hydrogens (primary N) is 1. The van der Waals surface area contributed by atoms with Crippen molar-refractivity contribution in [3.05, 3.63) is 24.3 Å². The first-order valence-electron chi connectivity index (χ1n) is 6.80. The molecule has 0 aliphatic rings. The van der Waals surface area contributed by atoms with Crippen molar-refractivity contribution in [1.82, 2.24) is 14.8 Å². The van der Waals surface area contributed by atoms with E-state index in [0.29, 0.717) is 23.0 Å². The molecule has 1 atom stereocenters. The molecule has 118 valence electrons. The summed E-state index contributed by atoms with van der Waals surface area (Å²) in [6.45, 7) is 1.91. The van der Waals surface area contributed by atoms with E-state index in [1.807, 2.05) is 25.3 Å². The summed E-state index contributed by atoms with van der Waals surface area (Å²) >= 11 is 1.40. The molecule has 0 saturated carbocycles. The predicted molar refractivity (Wildman–Crippen MR) is 87.2 cm³/mol. The zero-order chi connectivity index (χ0) is 16.1. The average molecular weight is 321 g/mol. The molecular weight excluding hydrogens is 302 g/mol. The number of benzene rings is 1. The monoisotopic (exact) mass is 321 g/mol. The molecule has 1 heterocycles. The Bertz CT molecular complexity index is 658. The van der Waals surface area contributed by atoms with Gasteiger partial charge in [-0.1, -0.05) is 30.8 Å². The minimum absolute atomic E-state index is 0.186. The Hall–Kier alpha value is -2.22. The van der Waals surface area contributed by atoms with Crippen molar-refractivity contribution in [2.45, 2.75) is 24.5 Å². The molecule has 1 amide bonds. The lowest BCUT2D eigenvalue weighted by molar-refractivity contribution is -0.119. The SMILES string of the molecule is CCC(C(=O)Nc1ccccc1OC)n1c(N)nnc1SC. The van der Waals surface area contributed by atoms with E-state index < -0.39 is 6.04 Å². The Morgan fingerprint density at radius 1 is 1.45 bits per heavy atom. The van der Waals surface area contributed by atoms with Gasteiger partial charge in [-0.05, 0) is 24.8 Å². The smallest absolute Gasteiger partial charge is 0.247 e. The number of aromatic nitrogens is 3. The lowest BCUT2D eigenvalue weighted by Gasteiger charge is -2.19. The molecule has 0 aliphatic carbocycles. The fourth-order valence-corrected chi connectivity index (χ4v) is 2.71. The Kier molecular flexibility index (Phi) is 5.26. The topological polar surface area (TPSA) is 95.1 Å². The minimum atomic E-state index is -0.484. The second kappa shape index (κ2) is 7.17. The molecule has 1 aromatic heterocycles. The molecular formula is C14H19N5O2S. The highest BCUT2D eigenvalue weighted by molar-refractivity contribution is 7.98. The number of rotatable bonds is 6. The van der Waals surface area contributed by atoms with E-state index in [9.17, 15) is 4.79 Å². The third-order valence-electron chi connectivity index (χ3n) is 3.24. The minimum Gasteiger partial charge on any atom is -0.495 e. The first-order valence-corrected chi connectivity index (χ1v) is 8.03. The van der Waals surface area contributed by atoms with Crippen molar-refractivity contribution < 1.29 is 9.53 Å². The molecule has 0 saturated heterocycles. The maximum Gasteiger partial charge on any atom is 0.247 e. The lowest BCUT2D eigenvalue weighted by atomic mass is 10.2. The molecule has 8 heteroatoms. The van der Waals surface area contributed by atoms with Crippen LogP contribution in [0.4, 0.5) is 11.6 Å². The summed E-state index contributed by atoms with van der Waals surface area (Å²) in [5.41, 5.74) is 6.47. The van der Waals surface area contributed by atoms with Crippen LogP contribution in [0.25, 0.3) is 0 Å². The Morgan fingerprint density at radius 3 is 2.82 bits per heavy atom. The number of anilines is 2. The zero-order valence-electron chi connectivity index (χ0n) is 12.7. The first-order chi connectivity index (χ1) is 10.6. The highest BCUT2D eigenvalue weighted by Gasteiger charge is 2.25. The Balaban J connectivity index is 2.28. The van der Waals surface area contributed by atoms with Gasteiger partial charge in [0.1, 0.15) is 11.8 Å². The number of nitrogen functional groups attached to an aromatic ring is 1. The van der Waals surface area contributed by atoms with E-state index in [-0.39, 0.29) is 11.9 Å². The predicted octanol–water partition coefficient (Wildman–Crippen LogP) is 2.18. The number of hydrogen-bond donors (Lipinski definition) is 2. The Labute approximate surface area is 133 Å². The number of para-hydroxylation sites is 2. The van der Waals surface area contributed by atoms with Crippen LogP contribution in [0.1, 0.15) is 19.4 Å². The Morgan fingerprint density at radius 2 is 2.18 bits per heavy atom. The van der Waals surface area contributed by atoms with Gasteiger partial charge in [-0.2, -0.15) is 0 Å². The number of carbonyl (C=O) groups excluding carboxylic acids is 1. The van der Waals surface area contributed by atoms with Crippen LogP contribution in [-0.2, 0) is 4.79 Å². The van der Waals surface area contributed by atoms with Gasteiger partial charge in [0.2, 0.25) is 11.9 Å². The fraction of sp³-hybridized carbons (Fsp3) is 0.357. The number of amides is 1. The van der Waals surface area contributed by atoms with Crippen LogP contribution in [0, 0.1) is 0 Å². The third kappa shape index (κ3) is 3.16. The van der Waals surface area contributed by atoms with Gasteiger partial charge in [0, 0.05) is 0 Å². The second-order valence-corrected chi connectivity index (χ2v) is 5.30. The lowest BCUT2D eigenvalue weighted by Crippen LogP contribution is -2.27. The number of nitrogens with zero attached hydrogens (tertiary/aromatic N) is 3. The van der Waals surface area contributed by atoms with Gasteiger partial charge in [-0.25, -0.2) is 0 Å². The summed E-state index contributed by atoms with van der Waals surface area (Å²) in [5.74, 6) is 0.646. The van der Waals surface area contributed by atoms with Crippen molar-refractivity contribution in [1.29, 1.82) is 0 Å². The molecule has 0 aliphatic heterocycles. The van der Waals surface area contributed by atoms with Crippen molar-refractivity contribution >= 4 is 29.3 Å². The van der Waals surface area contributed by atoms with Crippen molar-refractivity contribution in [2.75, 3.05) is 24.4 Å². The molecule has 0 spiro atoms. The molecule has 7 nitrogen and oxygen atoms in total. The molecule has 0 radical (unpaired) electrons. The van der Waals surface area contributed by atoms with Crippen LogP contribution in [0.2, 0.25) is 0 Å². The first kappa shape index (κ1) is 16.2. The quantitative estimate of drug-likeness (QED) is 0.792. The van der Waals surface area contributed by atoms with Gasteiger partial charge in [0.25, 0.3) is 0 Å². The van der Waals surface area contributed by atoms with E-state index in [2.05, 4.69) is 15.5 Å². The van der Waals surface area contributed by atoms with Crippen LogP contribution in [-0.4, -0.2) is 34.0 Å². The fourth-order valence-electron chi connectivity index (χ4n) is 2.17. The number of hydrogen-bond acceptors (Lipinski definition) is 6. The molecule has 2 rings (SSSR count). The van der Waals surface area contributed by atoms with Crippen LogP contribution in [0.3, 0.4) is 0 Å². The van der Waals surface area contributed by atoms with Gasteiger partial charge >= 0.3 is 0 Å². The molecule has 1 aromatic carbocycles. The van der Waals surface area contributed by atoms with Crippen molar-refractivity contribution in [3.63, 3.8) is 0 Å². The van der Waals surface area contributed by atoms with E-state index in [1.54, 1.807) is 23.8 Å². The van der Waals surface area contributed by atoms with Gasteiger partial charge in [0.05, 0.1) is 12.8 Å². The second-order valence-electron chi connectivity index (χ2n) is 4.53. The molecule has 2 aromatic rings. The van der Waals surface area contributed by atoms with Crippen LogP contribution in [0.15, 0.2) is 29.4 Å². The van der Waals surface area contributed by atoms with Gasteiger partial charge < -0.3 is 15.8 Å². The summed E-state index contributed by atoms with van der Waals surface area (Å²) in [6.07, 6.45) is 2.43. The normalized spacial score (nSPS) is 12.0. The van der Waals surface area contributed by atoms with E-state index in [0.717, 1.165) is 0 Å². The number of carbonyl (C=O) groups is 1. The van der Waals surface area contributed by atoms with E-state index in [4.69, 9.17) is 10.5 Å². The molecule has 0 fully saturated rings. The average Bonchev–Trinajstić information content (AvgIpc) is 2.90. The van der Waals surface area contributed by atoms with E-state index >= 15 is 0 Å². The largest absolute Gasteiger partial charge is 0.495 e. The molecule has 22 heavy (non-hydrogen) atoms. The highest BCUT2D eigenvalue weighted by Crippen LogP contribution is 2.27. The summed E-state index contributed by atoms with van der Waals surface area (Å²) < 4.78 is 6.89. The van der Waals surface area contributed by atoms with Gasteiger partial charge in [-0.3, -0.25) is 9.36 Å². The van der Waals surface area contributed by atoms with Gasteiger partial charge in [0.15, 0.2) is 5.16 Å². The standard InChI is InChI=1S/C14H19N5O2S/c1-4-10(19-13(15)17-18-14(19)22-3)12(20)16-9-7-5-6-8-11(9)21-2/h5-8,10H,4H2,1-3H3,(H2,15,17)(H,16,20). The maximum atomic E-state index is 12.6. The van der Waals surface area contributed by atoms with Crippen molar-refractivity contribution in [2.24, 2.45) is 0 Å². The number of methoxy groups -OCH3 is 1. The summed E-state index contributed by atoms with van der Waals surface area (Å²) in [6, 6.07) is 6.77. The highest BCUT2D eigenvalue weighted by atomic mass is 32.2. The third-order valence-corrected chi connectivity index (χ3v) is 3.88. The molecule has 3 N–H and O–H groups in total. The summed E-state index contributed by atoms with van der Waals surface area (Å²) in [4.78, 5) is 12.6. The van der Waals surface area contributed by atoms with Crippen molar-refractivity contribution in [3.8, 4) is 5.75 Å². The van der Waals surface area contributed by atoms with Crippen LogP contribution >= 0.6 is 11.8 Å². The number of nitrogens with one attached hydrogen (secondary N) is 1. The number of thioether (sulfide) groups is 1.